The molecule has 2 rings (SSSR count). The lowest BCUT2D eigenvalue weighted by Crippen LogP contribution is -2.16. The number of aryl methyl sites for hydroxylation is 1. The predicted molar refractivity (Wildman–Crippen MR) is 111 cm³/mol. The molecule has 1 aliphatic rings. The van der Waals surface area contributed by atoms with Crippen LogP contribution in [0.3, 0.4) is 0 Å². The van der Waals surface area contributed by atoms with Gasteiger partial charge in [-0.2, -0.15) is 0 Å². The monoisotopic (exact) mass is 358 g/mol. The third kappa shape index (κ3) is 9.43. The van der Waals surface area contributed by atoms with Crippen molar-refractivity contribution in [3.05, 3.63) is 42.0 Å². The highest BCUT2D eigenvalue weighted by Crippen LogP contribution is 2.27. The number of hydrogen-bond donors (Lipinski definition) is 0. The Morgan fingerprint density at radius 1 is 1.00 bits per heavy atom. The van der Waals surface area contributed by atoms with Crippen LogP contribution in [0.1, 0.15) is 83.6 Å². The van der Waals surface area contributed by atoms with Gasteiger partial charge >= 0.3 is 0 Å². The molecule has 0 spiro atoms. The maximum Gasteiger partial charge on any atom is 0.123 e. The number of unbranched alkanes of at least 4 members (excludes halogenated alkanes) is 8. The van der Waals surface area contributed by atoms with Crippen molar-refractivity contribution in [1.29, 1.82) is 0 Å². The van der Waals surface area contributed by atoms with E-state index in [0.717, 1.165) is 18.8 Å². The zero-order chi connectivity index (χ0) is 18.5. The summed E-state index contributed by atoms with van der Waals surface area (Å²) in [4.78, 5) is 0. The van der Waals surface area contributed by atoms with Crippen molar-refractivity contribution in [2.75, 3.05) is 13.2 Å². The molecule has 0 amide bonds. The lowest BCUT2D eigenvalue weighted by Gasteiger charge is -2.10. The third-order valence-electron chi connectivity index (χ3n) is 5.06. The molecular formula is C24H38O2. The fourth-order valence-electron chi connectivity index (χ4n) is 3.10. The van der Waals surface area contributed by atoms with Gasteiger partial charge < -0.3 is 9.47 Å². The minimum absolute atomic E-state index is 0.0426. The van der Waals surface area contributed by atoms with E-state index in [1.807, 2.05) is 6.07 Å². The standard InChI is InChI=1S/C24H38O2/c1-3-4-5-6-7-8-9-10-11-12-13-14-16-22-17-15-18-23(19-22)25-20-24(2)21-26-24/h9-10,15,17-19H,3-8,11-14,16,20-21H2,1-2H3/b10-9+. The van der Waals surface area contributed by atoms with Gasteiger partial charge in [-0.15, -0.1) is 0 Å². The van der Waals surface area contributed by atoms with Gasteiger partial charge in [0.2, 0.25) is 0 Å². The molecule has 1 aliphatic heterocycles. The van der Waals surface area contributed by atoms with Crippen LogP contribution in [0.2, 0.25) is 0 Å². The Kier molecular flexibility index (Phi) is 9.84. The van der Waals surface area contributed by atoms with Gasteiger partial charge in [0.05, 0.1) is 6.61 Å². The van der Waals surface area contributed by atoms with Gasteiger partial charge in [-0.05, 0) is 63.1 Å². The van der Waals surface area contributed by atoms with Crippen LogP contribution in [-0.4, -0.2) is 18.8 Å². The summed E-state index contributed by atoms with van der Waals surface area (Å²) in [6.45, 7) is 5.84. The first-order valence-electron chi connectivity index (χ1n) is 10.7. The van der Waals surface area contributed by atoms with Crippen molar-refractivity contribution < 1.29 is 9.47 Å². The minimum Gasteiger partial charge on any atom is -0.490 e. The molecule has 0 N–H and O–H groups in total. The lowest BCUT2D eigenvalue weighted by molar-refractivity contribution is 0.202. The largest absolute Gasteiger partial charge is 0.490 e. The van der Waals surface area contributed by atoms with E-state index in [2.05, 4.69) is 44.2 Å². The summed E-state index contributed by atoms with van der Waals surface area (Å²) in [5.74, 6) is 0.973. The van der Waals surface area contributed by atoms with Crippen LogP contribution in [0.25, 0.3) is 0 Å². The van der Waals surface area contributed by atoms with Crippen LogP contribution in [0.5, 0.6) is 5.75 Å². The Bertz CT molecular complexity index is 517. The van der Waals surface area contributed by atoms with Gasteiger partial charge in [-0.25, -0.2) is 0 Å². The van der Waals surface area contributed by atoms with E-state index in [9.17, 15) is 0 Å². The molecule has 0 bridgehead atoms. The normalized spacial score (nSPS) is 19.2. The van der Waals surface area contributed by atoms with Crippen molar-refractivity contribution in [3.63, 3.8) is 0 Å². The first-order valence-corrected chi connectivity index (χ1v) is 10.7. The number of rotatable bonds is 15. The molecule has 0 aliphatic carbocycles. The molecule has 1 unspecified atom stereocenters. The van der Waals surface area contributed by atoms with Gasteiger partial charge in [0.15, 0.2) is 0 Å². The first-order chi connectivity index (χ1) is 12.7. The summed E-state index contributed by atoms with van der Waals surface area (Å²) in [6.07, 6.45) is 19.2. The van der Waals surface area contributed by atoms with Crippen molar-refractivity contribution >= 4 is 0 Å². The smallest absolute Gasteiger partial charge is 0.123 e. The van der Waals surface area contributed by atoms with Gasteiger partial charge in [-0.1, -0.05) is 63.3 Å². The SMILES string of the molecule is CCCCCCC/C=C/CCCCCc1cccc(OCC2(C)CO2)c1. The highest BCUT2D eigenvalue weighted by atomic mass is 16.6. The quantitative estimate of drug-likeness (QED) is 0.194. The van der Waals surface area contributed by atoms with Crippen LogP contribution >= 0.6 is 0 Å². The van der Waals surface area contributed by atoms with Crippen LogP contribution in [0.15, 0.2) is 36.4 Å². The van der Waals surface area contributed by atoms with Crippen LogP contribution in [0.4, 0.5) is 0 Å². The highest BCUT2D eigenvalue weighted by Gasteiger charge is 2.40. The number of benzene rings is 1. The van der Waals surface area contributed by atoms with Gasteiger partial charge in [-0.3, -0.25) is 0 Å². The molecule has 1 fully saturated rings. The molecule has 0 aromatic heterocycles. The number of hydrogen-bond acceptors (Lipinski definition) is 2. The highest BCUT2D eigenvalue weighted by molar-refractivity contribution is 5.28. The molecule has 1 heterocycles. The second-order valence-corrected chi connectivity index (χ2v) is 7.95. The Morgan fingerprint density at radius 2 is 1.69 bits per heavy atom. The fraction of sp³-hybridized carbons (Fsp3) is 0.667. The zero-order valence-electron chi connectivity index (χ0n) is 17.0. The van der Waals surface area contributed by atoms with Gasteiger partial charge in [0.1, 0.15) is 18.0 Å². The van der Waals surface area contributed by atoms with Crippen LogP contribution in [0, 0.1) is 0 Å². The van der Waals surface area contributed by atoms with E-state index < -0.39 is 0 Å². The topological polar surface area (TPSA) is 21.8 Å². The van der Waals surface area contributed by atoms with Crippen molar-refractivity contribution in [1.82, 2.24) is 0 Å². The molecule has 2 nitrogen and oxygen atoms in total. The molecule has 26 heavy (non-hydrogen) atoms. The number of epoxide rings is 1. The van der Waals surface area contributed by atoms with E-state index in [1.165, 1.54) is 69.8 Å². The molecule has 1 aromatic carbocycles. The predicted octanol–water partition coefficient (Wildman–Crippen LogP) is 6.87. The van der Waals surface area contributed by atoms with E-state index in [-0.39, 0.29) is 5.60 Å². The van der Waals surface area contributed by atoms with Crippen LogP contribution < -0.4 is 4.74 Å². The second-order valence-electron chi connectivity index (χ2n) is 7.95. The van der Waals surface area contributed by atoms with Crippen LogP contribution in [-0.2, 0) is 11.2 Å². The Hall–Kier alpha value is -1.28. The average Bonchev–Trinajstić information content (AvgIpc) is 3.39. The number of allylic oxidation sites excluding steroid dienone is 2. The lowest BCUT2D eigenvalue weighted by atomic mass is 10.1. The molecule has 1 saturated heterocycles. The number of ether oxygens (including phenoxy) is 2. The minimum atomic E-state index is -0.0426. The first kappa shape index (κ1) is 21.0. The average molecular weight is 359 g/mol. The third-order valence-corrected chi connectivity index (χ3v) is 5.06. The van der Waals surface area contributed by atoms with E-state index in [1.54, 1.807) is 0 Å². The Balaban J connectivity index is 1.48. The second kappa shape index (κ2) is 12.2. The summed E-state index contributed by atoms with van der Waals surface area (Å²) in [5.41, 5.74) is 1.34. The summed E-state index contributed by atoms with van der Waals surface area (Å²) >= 11 is 0. The molecule has 2 heteroatoms. The van der Waals surface area contributed by atoms with Crippen molar-refractivity contribution in [2.24, 2.45) is 0 Å². The summed E-state index contributed by atoms with van der Waals surface area (Å²) in [5, 5.41) is 0. The maximum atomic E-state index is 5.85. The Morgan fingerprint density at radius 3 is 2.38 bits per heavy atom. The molecule has 0 saturated carbocycles. The Labute approximate surface area is 161 Å². The molecule has 146 valence electrons. The van der Waals surface area contributed by atoms with E-state index >= 15 is 0 Å². The molecule has 0 radical (unpaired) electrons. The van der Waals surface area contributed by atoms with Crippen molar-refractivity contribution in [3.8, 4) is 5.75 Å². The summed E-state index contributed by atoms with van der Waals surface area (Å²) in [7, 11) is 0. The summed E-state index contributed by atoms with van der Waals surface area (Å²) < 4.78 is 11.2. The zero-order valence-corrected chi connectivity index (χ0v) is 17.0. The van der Waals surface area contributed by atoms with E-state index in [4.69, 9.17) is 9.47 Å². The summed E-state index contributed by atoms with van der Waals surface area (Å²) in [6, 6.07) is 8.54. The molecule has 1 atom stereocenters. The fourth-order valence-corrected chi connectivity index (χ4v) is 3.10. The molecule has 1 aromatic rings. The van der Waals surface area contributed by atoms with E-state index in [0.29, 0.717) is 6.61 Å². The molecular weight excluding hydrogens is 320 g/mol. The van der Waals surface area contributed by atoms with Gasteiger partial charge in [0, 0.05) is 0 Å². The van der Waals surface area contributed by atoms with Gasteiger partial charge in [0.25, 0.3) is 0 Å². The van der Waals surface area contributed by atoms with Crippen molar-refractivity contribution in [2.45, 2.75) is 90.1 Å². The maximum absolute atomic E-state index is 5.85.